The summed E-state index contributed by atoms with van der Waals surface area (Å²) in [5.41, 5.74) is 0.269. The van der Waals surface area contributed by atoms with E-state index >= 15 is 0 Å². The molecule has 0 heterocycles. The normalized spacial score (nSPS) is 11.6. The molecule has 0 aliphatic heterocycles. The van der Waals surface area contributed by atoms with Gasteiger partial charge in [0.25, 0.3) is 5.91 Å². The summed E-state index contributed by atoms with van der Waals surface area (Å²) in [6.45, 7) is 4.28. The Labute approximate surface area is 127 Å². The topological polar surface area (TPSA) is 86.7 Å². The fourth-order valence-electron chi connectivity index (χ4n) is 1.95. The van der Waals surface area contributed by atoms with Crippen molar-refractivity contribution in [1.29, 1.82) is 0 Å². The molecule has 1 aromatic carbocycles. The van der Waals surface area contributed by atoms with E-state index in [9.17, 15) is 18.8 Å². The van der Waals surface area contributed by atoms with Gasteiger partial charge < -0.3 is 15.3 Å². The van der Waals surface area contributed by atoms with E-state index in [0.717, 1.165) is 4.90 Å². The number of carboxylic acid groups (broad SMARTS) is 1. The fourth-order valence-corrected chi connectivity index (χ4v) is 1.95. The molecule has 0 spiro atoms. The number of hydrogen-bond donors (Lipinski definition) is 2. The van der Waals surface area contributed by atoms with Crippen LogP contribution in [0.5, 0.6) is 0 Å². The number of carbonyl (C=O) groups excluding carboxylic acids is 2. The van der Waals surface area contributed by atoms with Crippen molar-refractivity contribution in [2.24, 2.45) is 0 Å². The van der Waals surface area contributed by atoms with Gasteiger partial charge in [-0.05, 0) is 31.5 Å². The third-order valence-corrected chi connectivity index (χ3v) is 3.31. The molecule has 0 aliphatic carbocycles. The maximum absolute atomic E-state index is 13.6. The predicted molar refractivity (Wildman–Crippen MR) is 78.0 cm³/mol. The minimum Gasteiger partial charge on any atom is -0.480 e. The van der Waals surface area contributed by atoms with Crippen LogP contribution in [0.4, 0.5) is 4.39 Å². The molecule has 2 amide bonds. The van der Waals surface area contributed by atoms with Gasteiger partial charge in [-0.2, -0.15) is 0 Å². The highest BCUT2D eigenvalue weighted by Crippen LogP contribution is 2.16. The van der Waals surface area contributed by atoms with Gasteiger partial charge in [0.2, 0.25) is 5.91 Å². The van der Waals surface area contributed by atoms with Crippen LogP contribution in [-0.2, 0) is 9.59 Å². The number of amides is 2. The van der Waals surface area contributed by atoms with Crippen molar-refractivity contribution in [2.75, 3.05) is 13.1 Å². The molecule has 22 heavy (non-hydrogen) atoms. The molecule has 2 N–H and O–H groups in total. The Morgan fingerprint density at radius 2 is 2.00 bits per heavy atom. The molecule has 6 nitrogen and oxygen atoms in total. The number of hydrogen-bond acceptors (Lipinski definition) is 3. The molecule has 0 radical (unpaired) electrons. The lowest BCUT2D eigenvalue weighted by molar-refractivity contribution is -0.141. The predicted octanol–water partition coefficient (Wildman–Crippen LogP) is 1.19. The van der Waals surface area contributed by atoms with Crippen molar-refractivity contribution in [1.82, 2.24) is 10.2 Å². The van der Waals surface area contributed by atoms with Crippen molar-refractivity contribution >= 4 is 17.8 Å². The molecular weight excluding hydrogens is 291 g/mol. The summed E-state index contributed by atoms with van der Waals surface area (Å²) in [4.78, 5) is 35.7. The van der Waals surface area contributed by atoms with Gasteiger partial charge in [-0.3, -0.25) is 9.59 Å². The average Bonchev–Trinajstić information content (AvgIpc) is 2.45. The lowest BCUT2D eigenvalue weighted by Gasteiger charge is -2.27. The summed E-state index contributed by atoms with van der Waals surface area (Å²) in [7, 11) is 0. The van der Waals surface area contributed by atoms with Crippen LogP contribution in [0.3, 0.4) is 0 Å². The Kier molecular flexibility index (Phi) is 6.03. The van der Waals surface area contributed by atoms with Crippen LogP contribution in [0.15, 0.2) is 18.2 Å². The van der Waals surface area contributed by atoms with Crippen LogP contribution in [0.2, 0.25) is 0 Å². The smallest absolute Gasteiger partial charge is 0.326 e. The number of carboxylic acids is 1. The first kappa shape index (κ1) is 17.6. The molecule has 0 saturated heterocycles. The number of halogens is 1. The van der Waals surface area contributed by atoms with Crippen LogP contribution < -0.4 is 5.32 Å². The maximum Gasteiger partial charge on any atom is 0.326 e. The molecule has 0 saturated carbocycles. The van der Waals surface area contributed by atoms with E-state index in [1.165, 1.54) is 39.0 Å². The molecule has 1 rings (SSSR count). The lowest BCUT2D eigenvalue weighted by atomic mass is 10.1. The first-order valence-corrected chi connectivity index (χ1v) is 6.79. The van der Waals surface area contributed by atoms with Crippen LogP contribution >= 0.6 is 0 Å². The van der Waals surface area contributed by atoms with Crippen LogP contribution in [0, 0.1) is 12.7 Å². The quantitative estimate of drug-likeness (QED) is 0.826. The molecule has 7 heteroatoms. The molecule has 0 bridgehead atoms. The van der Waals surface area contributed by atoms with Crippen molar-refractivity contribution in [3.8, 4) is 0 Å². The summed E-state index contributed by atoms with van der Waals surface area (Å²) in [6, 6.07) is 2.98. The largest absolute Gasteiger partial charge is 0.480 e. The molecule has 1 atom stereocenters. The molecule has 0 aromatic heterocycles. The molecule has 120 valence electrons. The second-order valence-electron chi connectivity index (χ2n) is 4.91. The van der Waals surface area contributed by atoms with Crippen LogP contribution in [-0.4, -0.2) is 46.9 Å². The highest BCUT2D eigenvalue weighted by atomic mass is 19.1. The van der Waals surface area contributed by atoms with Gasteiger partial charge in [0.05, 0.1) is 0 Å². The number of benzene rings is 1. The van der Waals surface area contributed by atoms with E-state index in [1.807, 2.05) is 0 Å². The second kappa shape index (κ2) is 7.53. The zero-order chi connectivity index (χ0) is 16.9. The van der Waals surface area contributed by atoms with Crippen molar-refractivity contribution in [3.05, 3.63) is 35.1 Å². The van der Waals surface area contributed by atoms with E-state index in [2.05, 4.69) is 5.32 Å². The van der Waals surface area contributed by atoms with E-state index in [1.54, 1.807) is 0 Å². The molecular formula is C15H19FN2O4. The minimum atomic E-state index is -1.18. The van der Waals surface area contributed by atoms with E-state index in [4.69, 9.17) is 5.11 Å². The van der Waals surface area contributed by atoms with Gasteiger partial charge in [0.1, 0.15) is 11.9 Å². The molecule has 0 fully saturated rings. The lowest BCUT2D eigenvalue weighted by Crippen LogP contribution is -2.47. The van der Waals surface area contributed by atoms with E-state index < -0.39 is 23.7 Å². The van der Waals surface area contributed by atoms with Crippen molar-refractivity contribution < 1.29 is 23.9 Å². The second-order valence-corrected chi connectivity index (χ2v) is 4.91. The third kappa shape index (κ3) is 4.28. The number of nitrogens with zero attached hydrogens (tertiary/aromatic N) is 1. The maximum atomic E-state index is 13.6. The molecule has 0 aliphatic rings. The summed E-state index contributed by atoms with van der Waals surface area (Å²) >= 11 is 0. The summed E-state index contributed by atoms with van der Waals surface area (Å²) in [6.07, 6.45) is 0. The summed E-state index contributed by atoms with van der Waals surface area (Å²) < 4.78 is 13.6. The third-order valence-electron chi connectivity index (χ3n) is 3.31. The van der Waals surface area contributed by atoms with Gasteiger partial charge in [0.15, 0.2) is 0 Å². The minimum absolute atomic E-state index is 0.0157. The molecule has 1 aromatic rings. The number of aliphatic carboxylic acids is 1. The van der Waals surface area contributed by atoms with Crippen LogP contribution in [0.25, 0.3) is 0 Å². The summed E-state index contributed by atoms with van der Waals surface area (Å²) in [5.74, 6) is -2.57. The Morgan fingerprint density at radius 1 is 1.36 bits per heavy atom. The number of nitrogens with one attached hydrogen (secondary N) is 1. The average molecular weight is 310 g/mol. The number of rotatable bonds is 6. The molecule has 1 unspecified atom stereocenters. The first-order valence-electron chi connectivity index (χ1n) is 6.79. The highest BCUT2D eigenvalue weighted by Gasteiger charge is 2.27. The zero-order valence-electron chi connectivity index (χ0n) is 12.7. The van der Waals surface area contributed by atoms with Gasteiger partial charge in [0, 0.05) is 25.6 Å². The highest BCUT2D eigenvalue weighted by molar-refractivity contribution is 5.97. The Hall–Kier alpha value is -2.44. The van der Waals surface area contributed by atoms with Gasteiger partial charge >= 0.3 is 5.97 Å². The van der Waals surface area contributed by atoms with E-state index in [-0.39, 0.29) is 30.1 Å². The Balaban J connectivity index is 3.03. The standard InChI is InChI=1S/C15H19FN2O4/c1-9-12(5-4-6-13(9)16)14(20)18(10(2)15(21)22)8-7-17-11(3)19/h4-6,10H,7-8H2,1-3H3,(H,17,19)(H,21,22). The fraction of sp³-hybridized carbons (Fsp3) is 0.400. The number of carbonyl (C=O) groups is 3. The van der Waals surface area contributed by atoms with Gasteiger partial charge in [-0.15, -0.1) is 0 Å². The van der Waals surface area contributed by atoms with Crippen molar-refractivity contribution in [3.63, 3.8) is 0 Å². The monoisotopic (exact) mass is 310 g/mol. The summed E-state index contributed by atoms with van der Waals surface area (Å²) in [5, 5.41) is 11.6. The van der Waals surface area contributed by atoms with Crippen molar-refractivity contribution in [2.45, 2.75) is 26.8 Å². The SMILES string of the molecule is CC(=O)NCCN(C(=O)c1cccc(F)c1C)C(C)C(=O)O. The van der Waals surface area contributed by atoms with Crippen LogP contribution in [0.1, 0.15) is 29.8 Å². The van der Waals surface area contributed by atoms with Gasteiger partial charge in [-0.1, -0.05) is 6.07 Å². The van der Waals surface area contributed by atoms with E-state index in [0.29, 0.717) is 0 Å². The Bertz CT molecular complexity index is 589. The Morgan fingerprint density at radius 3 is 2.55 bits per heavy atom. The van der Waals surface area contributed by atoms with Gasteiger partial charge in [-0.25, -0.2) is 9.18 Å². The first-order chi connectivity index (χ1) is 10.3. The zero-order valence-corrected chi connectivity index (χ0v) is 12.7.